The molecule has 0 spiro atoms. The Labute approximate surface area is 194 Å². The second-order valence-electron chi connectivity index (χ2n) is 10.2. The molecule has 3 fully saturated rings. The Hall–Kier alpha value is -1.96. The van der Waals surface area contributed by atoms with Crippen LogP contribution in [0.3, 0.4) is 0 Å². The first kappa shape index (κ1) is 21.6. The van der Waals surface area contributed by atoms with E-state index in [4.69, 9.17) is 9.47 Å². The summed E-state index contributed by atoms with van der Waals surface area (Å²) in [5, 5.41) is 31.1. The van der Waals surface area contributed by atoms with E-state index in [9.17, 15) is 15.3 Å². The maximum absolute atomic E-state index is 10.6. The number of nitrogens with zero attached hydrogens (tertiary/aromatic N) is 1. The summed E-state index contributed by atoms with van der Waals surface area (Å²) >= 11 is 0. The number of anilines is 1. The summed E-state index contributed by atoms with van der Waals surface area (Å²) in [6, 6.07) is 13.2. The van der Waals surface area contributed by atoms with Gasteiger partial charge in [-0.25, -0.2) is 0 Å². The van der Waals surface area contributed by atoms with E-state index in [-0.39, 0.29) is 0 Å². The predicted octanol–water partition coefficient (Wildman–Crippen LogP) is 2.98. The highest BCUT2D eigenvalue weighted by Crippen LogP contribution is 2.45. The summed E-state index contributed by atoms with van der Waals surface area (Å²) in [7, 11) is 1.43. The van der Waals surface area contributed by atoms with Gasteiger partial charge in [0.05, 0.1) is 0 Å². The first-order valence-corrected chi connectivity index (χ1v) is 12.3. The molecule has 3 N–H and O–H groups in total. The minimum absolute atomic E-state index is 0.600. The third-order valence-electron chi connectivity index (χ3n) is 8.08. The van der Waals surface area contributed by atoms with Gasteiger partial charge < -0.3 is 29.7 Å². The average molecular weight is 452 g/mol. The van der Waals surface area contributed by atoms with Crippen LogP contribution in [-0.4, -0.2) is 60.1 Å². The standard InChI is InChI=1S/C27H33NO5/c1-32-27-25(31)23(29)24(30)26(33-27)18-5-7-20(16-3-4-16)19(14-18)12-15-2-6-21-17-8-10-28(11-9-17)22(21)13-15/h2,5-7,13-14,16-17,23-27,29-31H,3-4,8-12H2,1H3/t23-,24-,25+,26+,27+/m1/s1. The molecular formula is C27H33NO5. The lowest BCUT2D eigenvalue weighted by molar-refractivity contribution is -0.292. The van der Waals surface area contributed by atoms with Gasteiger partial charge in [-0.15, -0.1) is 0 Å². The SMILES string of the molecule is CO[C@H]1O[C@@H](c2ccc(C3CC3)c(Cc3ccc4c(c3)N3CCC4CC3)c2)[C@H](O)[C@@H](O)[C@@H]1O. The quantitative estimate of drug-likeness (QED) is 0.649. The molecule has 2 bridgehead atoms. The smallest absolute Gasteiger partial charge is 0.186 e. The largest absolute Gasteiger partial charge is 0.387 e. The fourth-order valence-electron chi connectivity index (χ4n) is 6.04. The maximum Gasteiger partial charge on any atom is 0.186 e. The highest BCUT2D eigenvalue weighted by atomic mass is 16.7. The number of piperidine rings is 1. The van der Waals surface area contributed by atoms with Crippen LogP contribution in [0.25, 0.3) is 0 Å². The number of ether oxygens (including phenoxy) is 2. The summed E-state index contributed by atoms with van der Waals surface area (Å²) < 4.78 is 11.1. The average Bonchev–Trinajstić information content (AvgIpc) is 3.69. The minimum Gasteiger partial charge on any atom is -0.387 e. The molecule has 176 valence electrons. The Morgan fingerprint density at radius 1 is 0.879 bits per heavy atom. The molecule has 2 saturated heterocycles. The van der Waals surface area contributed by atoms with Crippen LogP contribution in [0, 0.1) is 0 Å². The molecule has 7 rings (SSSR count). The van der Waals surface area contributed by atoms with Gasteiger partial charge in [0.2, 0.25) is 0 Å². The summed E-state index contributed by atoms with van der Waals surface area (Å²) in [5.41, 5.74) is 7.63. The fraction of sp³-hybridized carbons (Fsp3) is 0.556. The number of aliphatic hydroxyl groups excluding tert-OH is 3. The lowest BCUT2D eigenvalue weighted by atomic mass is 9.82. The number of hydrogen-bond acceptors (Lipinski definition) is 6. The number of rotatable bonds is 5. The fourth-order valence-corrected chi connectivity index (χ4v) is 6.04. The van der Waals surface area contributed by atoms with Crippen LogP contribution < -0.4 is 4.90 Å². The van der Waals surface area contributed by atoms with Crippen LogP contribution in [0.15, 0.2) is 36.4 Å². The molecule has 0 amide bonds. The molecule has 5 aliphatic rings. The van der Waals surface area contributed by atoms with Gasteiger partial charge in [0, 0.05) is 25.9 Å². The zero-order chi connectivity index (χ0) is 22.7. The van der Waals surface area contributed by atoms with Crippen molar-refractivity contribution in [3.63, 3.8) is 0 Å². The number of fused-ring (bicyclic) bond motifs is 2. The Bertz CT molecular complexity index is 1030. The Morgan fingerprint density at radius 2 is 1.61 bits per heavy atom. The van der Waals surface area contributed by atoms with Crippen molar-refractivity contribution in [3.8, 4) is 0 Å². The summed E-state index contributed by atoms with van der Waals surface area (Å²) in [5.74, 6) is 1.31. The molecule has 6 heteroatoms. The first-order chi connectivity index (χ1) is 16.0. The van der Waals surface area contributed by atoms with E-state index in [0.29, 0.717) is 11.8 Å². The number of aliphatic hydroxyl groups is 3. The van der Waals surface area contributed by atoms with Crippen molar-refractivity contribution >= 4 is 5.69 Å². The first-order valence-electron chi connectivity index (χ1n) is 12.3. The molecule has 33 heavy (non-hydrogen) atoms. The zero-order valence-corrected chi connectivity index (χ0v) is 19.1. The van der Waals surface area contributed by atoms with Gasteiger partial charge in [-0.05, 0) is 77.8 Å². The zero-order valence-electron chi connectivity index (χ0n) is 19.1. The topological polar surface area (TPSA) is 82.4 Å². The third kappa shape index (κ3) is 3.78. The van der Waals surface area contributed by atoms with Crippen LogP contribution in [0.5, 0.6) is 0 Å². The number of benzene rings is 2. The van der Waals surface area contributed by atoms with Crippen molar-refractivity contribution in [3.05, 3.63) is 64.2 Å². The lowest BCUT2D eigenvalue weighted by Gasteiger charge is -2.42. The van der Waals surface area contributed by atoms with E-state index < -0.39 is 30.7 Å². The van der Waals surface area contributed by atoms with Crippen molar-refractivity contribution in [2.75, 3.05) is 25.1 Å². The summed E-state index contributed by atoms with van der Waals surface area (Å²) in [6.45, 7) is 2.32. The minimum atomic E-state index is -1.33. The van der Waals surface area contributed by atoms with Crippen molar-refractivity contribution < 1.29 is 24.8 Å². The molecule has 4 aliphatic heterocycles. The van der Waals surface area contributed by atoms with Crippen molar-refractivity contribution in [1.82, 2.24) is 0 Å². The van der Waals surface area contributed by atoms with Gasteiger partial charge >= 0.3 is 0 Å². The second-order valence-corrected chi connectivity index (χ2v) is 10.2. The molecule has 1 aliphatic carbocycles. The number of hydrogen-bond donors (Lipinski definition) is 3. The van der Waals surface area contributed by atoms with Gasteiger partial charge in [0.25, 0.3) is 0 Å². The molecule has 2 aromatic carbocycles. The van der Waals surface area contributed by atoms with Gasteiger partial charge in [-0.3, -0.25) is 0 Å². The van der Waals surface area contributed by atoms with E-state index in [0.717, 1.165) is 25.1 Å². The Balaban J connectivity index is 1.32. The number of methoxy groups -OCH3 is 1. The van der Waals surface area contributed by atoms with Crippen LogP contribution in [0.4, 0.5) is 5.69 Å². The van der Waals surface area contributed by atoms with Crippen LogP contribution in [-0.2, 0) is 15.9 Å². The van der Waals surface area contributed by atoms with E-state index in [1.807, 2.05) is 6.07 Å². The van der Waals surface area contributed by atoms with E-state index in [1.54, 1.807) is 0 Å². The van der Waals surface area contributed by atoms with Crippen LogP contribution in [0.1, 0.15) is 71.4 Å². The third-order valence-corrected chi connectivity index (χ3v) is 8.08. The highest BCUT2D eigenvalue weighted by molar-refractivity contribution is 5.61. The predicted molar refractivity (Wildman–Crippen MR) is 124 cm³/mol. The lowest BCUT2D eigenvalue weighted by Crippen LogP contribution is -2.54. The maximum atomic E-state index is 10.6. The van der Waals surface area contributed by atoms with E-state index in [1.165, 1.54) is 60.7 Å². The molecule has 5 atom stereocenters. The Kier molecular flexibility index (Phi) is 5.46. The van der Waals surface area contributed by atoms with Crippen LogP contribution >= 0.6 is 0 Å². The van der Waals surface area contributed by atoms with Gasteiger partial charge in [0.15, 0.2) is 6.29 Å². The van der Waals surface area contributed by atoms with Gasteiger partial charge in [0.1, 0.15) is 24.4 Å². The molecular weight excluding hydrogens is 418 g/mol. The molecule has 1 saturated carbocycles. The molecule has 0 aromatic heterocycles. The normalized spacial score (nSPS) is 31.6. The van der Waals surface area contributed by atoms with E-state index >= 15 is 0 Å². The van der Waals surface area contributed by atoms with Crippen molar-refractivity contribution in [2.45, 2.75) is 74.6 Å². The molecule has 0 radical (unpaired) electrons. The second kappa shape index (κ2) is 8.36. The molecule has 2 aromatic rings. The Morgan fingerprint density at radius 3 is 2.33 bits per heavy atom. The van der Waals surface area contributed by atoms with Crippen LogP contribution in [0.2, 0.25) is 0 Å². The highest BCUT2D eigenvalue weighted by Gasteiger charge is 2.44. The van der Waals surface area contributed by atoms with Crippen molar-refractivity contribution in [2.24, 2.45) is 0 Å². The van der Waals surface area contributed by atoms with Gasteiger partial charge in [-0.2, -0.15) is 0 Å². The molecule has 0 unspecified atom stereocenters. The van der Waals surface area contributed by atoms with Crippen molar-refractivity contribution in [1.29, 1.82) is 0 Å². The van der Waals surface area contributed by atoms with Gasteiger partial charge in [-0.1, -0.05) is 30.3 Å². The monoisotopic (exact) mass is 451 g/mol. The summed E-state index contributed by atoms with van der Waals surface area (Å²) in [6.07, 6.45) is 0.218. The molecule has 4 heterocycles. The van der Waals surface area contributed by atoms with E-state index in [2.05, 4.69) is 35.2 Å². The molecule has 6 nitrogen and oxygen atoms in total. The summed E-state index contributed by atoms with van der Waals surface area (Å²) in [4.78, 5) is 2.53.